The molecule has 1 aliphatic rings. The lowest BCUT2D eigenvalue weighted by Crippen LogP contribution is -2.27. The number of halogens is 1. The first kappa shape index (κ1) is 12.9. The number of rotatable bonds is 2. The van der Waals surface area contributed by atoms with Gasteiger partial charge < -0.3 is 4.74 Å². The summed E-state index contributed by atoms with van der Waals surface area (Å²) in [7, 11) is 0. The third kappa shape index (κ3) is 3.44. The van der Waals surface area contributed by atoms with E-state index in [9.17, 15) is 4.79 Å². The molecule has 0 spiro atoms. The van der Waals surface area contributed by atoms with E-state index in [0.717, 1.165) is 12.8 Å². The molecule has 92 valence electrons. The van der Waals surface area contributed by atoms with Gasteiger partial charge in [0, 0.05) is 16.4 Å². The molecule has 1 aliphatic carbocycles. The van der Waals surface area contributed by atoms with Crippen molar-refractivity contribution < 1.29 is 9.53 Å². The summed E-state index contributed by atoms with van der Waals surface area (Å²) in [4.78, 5) is 11.1. The summed E-state index contributed by atoms with van der Waals surface area (Å²) in [5.74, 6) is 0.220. The summed E-state index contributed by atoms with van der Waals surface area (Å²) >= 11 is 2.31. The fourth-order valence-corrected chi connectivity index (χ4v) is 2.90. The van der Waals surface area contributed by atoms with Crippen LogP contribution in [0.15, 0.2) is 24.3 Å². The highest BCUT2D eigenvalue weighted by Gasteiger charge is 2.28. The Bertz CT molecular complexity index is 386. The Hall–Kier alpha value is -0.580. The van der Waals surface area contributed by atoms with Gasteiger partial charge in [0.1, 0.15) is 6.10 Å². The predicted molar refractivity (Wildman–Crippen MR) is 75.9 cm³/mol. The molecular formula is C14H17IO2. The first-order valence-corrected chi connectivity index (χ1v) is 7.17. The highest BCUT2D eigenvalue weighted by atomic mass is 127. The second-order valence-corrected chi connectivity index (χ2v) is 5.84. The average molecular weight is 344 g/mol. The topological polar surface area (TPSA) is 26.3 Å². The maximum atomic E-state index is 11.1. The molecule has 2 nitrogen and oxygen atoms in total. The number of hydrogen-bond donors (Lipinski definition) is 0. The molecule has 0 aromatic heterocycles. The molecule has 1 aromatic rings. The molecular weight excluding hydrogens is 327 g/mol. The van der Waals surface area contributed by atoms with Gasteiger partial charge in [0.2, 0.25) is 0 Å². The van der Waals surface area contributed by atoms with Gasteiger partial charge in [0.25, 0.3) is 0 Å². The molecule has 0 bridgehead atoms. The van der Waals surface area contributed by atoms with Crippen LogP contribution in [0.2, 0.25) is 0 Å². The zero-order valence-electron chi connectivity index (χ0n) is 9.99. The van der Waals surface area contributed by atoms with Gasteiger partial charge in [-0.3, -0.25) is 4.79 Å². The van der Waals surface area contributed by atoms with E-state index in [2.05, 4.69) is 46.9 Å². The number of carbonyl (C=O) groups excluding carboxylic acids is 1. The number of benzene rings is 1. The SMILES string of the molecule is CC(=O)O[C@@H]1CCCC[C@H]1c1ccc(I)cc1. The lowest BCUT2D eigenvalue weighted by molar-refractivity contribution is -0.148. The molecule has 17 heavy (non-hydrogen) atoms. The monoisotopic (exact) mass is 344 g/mol. The van der Waals surface area contributed by atoms with Crippen molar-refractivity contribution in [2.45, 2.75) is 44.6 Å². The van der Waals surface area contributed by atoms with E-state index >= 15 is 0 Å². The van der Waals surface area contributed by atoms with E-state index in [-0.39, 0.29) is 12.1 Å². The first-order chi connectivity index (χ1) is 8.16. The zero-order valence-corrected chi connectivity index (χ0v) is 12.1. The van der Waals surface area contributed by atoms with Gasteiger partial charge in [-0.15, -0.1) is 0 Å². The minimum Gasteiger partial charge on any atom is -0.462 e. The Morgan fingerprint density at radius 2 is 1.88 bits per heavy atom. The molecule has 0 N–H and O–H groups in total. The Morgan fingerprint density at radius 1 is 1.24 bits per heavy atom. The van der Waals surface area contributed by atoms with Crippen molar-refractivity contribution in [1.82, 2.24) is 0 Å². The van der Waals surface area contributed by atoms with Crippen molar-refractivity contribution in [3.05, 3.63) is 33.4 Å². The van der Waals surface area contributed by atoms with Crippen LogP contribution in [-0.2, 0) is 9.53 Å². The van der Waals surface area contributed by atoms with Gasteiger partial charge in [-0.05, 0) is 59.5 Å². The smallest absolute Gasteiger partial charge is 0.302 e. The van der Waals surface area contributed by atoms with E-state index in [1.54, 1.807) is 0 Å². The van der Waals surface area contributed by atoms with E-state index in [4.69, 9.17) is 4.74 Å². The number of carbonyl (C=O) groups is 1. The average Bonchev–Trinajstić information content (AvgIpc) is 2.30. The molecule has 1 aromatic carbocycles. The standard InChI is InChI=1S/C14H17IO2/c1-10(16)17-14-5-3-2-4-13(14)11-6-8-12(15)9-7-11/h6-9,13-14H,2-5H2,1H3/t13-,14+/m0/s1. The lowest BCUT2D eigenvalue weighted by Gasteiger charge is -2.31. The Kier molecular flexibility index (Phi) is 4.42. The Morgan fingerprint density at radius 3 is 2.53 bits per heavy atom. The van der Waals surface area contributed by atoms with Crippen LogP contribution in [0.1, 0.15) is 44.1 Å². The summed E-state index contributed by atoms with van der Waals surface area (Å²) in [5, 5.41) is 0. The van der Waals surface area contributed by atoms with Crippen LogP contribution in [0.25, 0.3) is 0 Å². The van der Waals surface area contributed by atoms with E-state index < -0.39 is 0 Å². The maximum absolute atomic E-state index is 11.1. The minimum atomic E-state index is -0.160. The van der Waals surface area contributed by atoms with Gasteiger partial charge in [-0.25, -0.2) is 0 Å². The molecule has 1 saturated carbocycles. The van der Waals surface area contributed by atoms with Crippen LogP contribution in [0.5, 0.6) is 0 Å². The molecule has 2 rings (SSSR count). The molecule has 1 fully saturated rings. The first-order valence-electron chi connectivity index (χ1n) is 6.09. The number of esters is 1. The van der Waals surface area contributed by atoms with Crippen molar-refractivity contribution in [2.75, 3.05) is 0 Å². The van der Waals surface area contributed by atoms with Crippen molar-refractivity contribution >= 4 is 28.6 Å². The van der Waals surface area contributed by atoms with Crippen molar-refractivity contribution in [3.8, 4) is 0 Å². The molecule has 0 saturated heterocycles. The van der Waals surface area contributed by atoms with Crippen LogP contribution in [0, 0.1) is 3.57 Å². The highest BCUT2D eigenvalue weighted by Crippen LogP contribution is 2.35. The minimum absolute atomic E-state index is 0.0707. The number of hydrogen-bond acceptors (Lipinski definition) is 2. The largest absolute Gasteiger partial charge is 0.462 e. The van der Waals surface area contributed by atoms with Gasteiger partial charge in [-0.2, -0.15) is 0 Å². The zero-order chi connectivity index (χ0) is 12.3. The number of ether oxygens (including phenoxy) is 1. The summed E-state index contributed by atoms with van der Waals surface area (Å²) in [6, 6.07) is 8.56. The van der Waals surface area contributed by atoms with Crippen LogP contribution in [0.4, 0.5) is 0 Å². The third-order valence-electron chi connectivity index (χ3n) is 3.32. The van der Waals surface area contributed by atoms with Crippen LogP contribution >= 0.6 is 22.6 Å². The fraction of sp³-hybridized carbons (Fsp3) is 0.500. The van der Waals surface area contributed by atoms with E-state index in [0.29, 0.717) is 5.92 Å². The molecule has 3 heteroatoms. The highest BCUT2D eigenvalue weighted by molar-refractivity contribution is 14.1. The fourth-order valence-electron chi connectivity index (χ4n) is 2.54. The summed E-state index contributed by atoms with van der Waals surface area (Å²) in [5.41, 5.74) is 1.30. The van der Waals surface area contributed by atoms with Crippen molar-refractivity contribution in [3.63, 3.8) is 0 Å². The molecule has 2 atom stereocenters. The Labute approximate surface area is 116 Å². The molecule has 0 unspecified atom stereocenters. The molecule has 0 aliphatic heterocycles. The normalized spacial score (nSPS) is 24.4. The van der Waals surface area contributed by atoms with Gasteiger partial charge >= 0.3 is 5.97 Å². The summed E-state index contributed by atoms with van der Waals surface area (Å²) in [6.45, 7) is 1.50. The van der Waals surface area contributed by atoms with Crippen LogP contribution < -0.4 is 0 Å². The van der Waals surface area contributed by atoms with E-state index in [1.165, 1.54) is 28.9 Å². The lowest BCUT2D eigenvalue weighted by atomic mass is 9.81. The van der Waals surface area contributed by atoms with Crippen LogP contribution in [0.3, 0.4) is 0 Å². The summed E-state index contributed by atoms with van der Waals surface area (Å²) in [6.07, 6.45) is 4.59. The van der Waals surface area contributed by atoms with Crippen molar-refractivity contribution in [2.24, 2.45) is 0 Å². The molecule has 0 amide bonds. The van der Waals surface area contributed by atoms with Crippen molar-refractivity contribution in [1.29, 1.82) is 0 Å². The third-order valence-corrected chi connectivity index (χ3v) is 4.04. The van der Waals surface area contributed by atoms with Gasteiger partial charge in [-0.1, -0.05) is 18.6 Å². The van der Waals surface area contributed by atoms with Gasteiger partial charge in [0.15, 0.2) is 0 Å². The quantitative estimate of drug-likeness (QED) is 0.601. The van der Waals surface area contributed by atoms with Crippen LogP contribution in [-0.4, -0.2) is 12.1 Å². The van der Waals surface area contributed by atoms with E-state index in [1.807, 2.05) is 0 Å². The Balaban J connectivity index is 2.15. The molecule has 0 heterocycles. The second kappa shape index (κ2) is 5.85. The molecule has 0 radical (unpaired) electrons. The summed E-state index contributed by atoms with van der Waals surface area (Å²) < 4.78 is 6.69. The predicted octanol–water partition coefficient (Wildman–Crippen LogP) is 3.88. The van der Waals surface area contributed by atoms with Gasteiger partial charge in [0.05, 0.1) is 0 Å². The second-order valence-electron chi connectivity index (χ2n) is 4.59. The maximum Gasteiger partial charge on any atom is 0.302 e.